The molecule has 20 heavy (non-hydrogen) atoms. The molecule has 1 aliphatic rings. The van der Waals surface area contributed by atoms with E-state index in [0.717, 1.165) is 25.1 Å². The van der Waals surface area contributed by atoms with Crippen LogP contribution in [0.4, 0.5) is 0 Å². The van der Waals surface area contributed by atoms with Gasteiger partial charge in [0.25, 0.3) is 0 Å². The Labute approximate surface area is 126 Å². The highest BCUT2D eigenvalue weighted by Gasteiger charge is 2.19. The van der Waals surface area contributed by atoms with Gasteiger partial charge in [-0.25, -0.2) is 13.1 Å². The van der Waals surface area contributed by atoms with Crippen molar-refractivity contribution in [1.29, 1.82) is 0 Å². The summed E-state index contributed by atoms with van der Waals surface area (Å²) in [5.74, 6) is 0.713. The van der Waals surface area contributed by atoms with Crippen LogP contribution >= 0.6 is 11.3 Å². The lowest BCUT2D eigenvalue weighted by atomic mass is 10.1. The Bertz CT molecular complexity index is 505. The van der Waals surface area contributed by atoms with Gasteiger partial charge in [0.15, 0.2) is 0 Å². The number of rotatable bonds is 8. The zero-order valence-corrected chi connectivity index (χ0v) is 13.7. The lowest BCUT2D eigenvalue weighted by Gasteiger charge is -2.09. The maximum atomic E-state index is 12.2. The molecule has 4 nitrogen and oxygen atoms in total. The molecule has 0 spiro atoms. The molecule has 1 heterocycles. The number of hydrogen-bond donors (Lipinski definition) is 2. The van der Waals surface area contributed by atoms with Crippen molar-refractivity contribution in [3.63, 3.8) is 0 Å². The minimum atomic E-state index is -3.32. The van der Waals surface area contributed by atoms with E-state index in [0.29, 0.717) is 16.7 Å². The van der Waals surface area contributed by atoms with Crippen molar-refractivity contribution in [2.75, 3.05) is 13.1 Å². The monoisotopic (exact) mass is 316 g/mol. The quantitative estimate of drug-likeness (QED) is 0.775. The Balaban J connectivity index is 1.83. The number of hydrogen-bond acceptors (Lipinski definition) is 4. The van der Waals surface area contributed by atoms with E-state index in [1.165, 1.54) is 37.0 Å². The average Bonchev–Trinajstić information content (AvgIpc) is 3.07. The van der Waals surface area contributed by atoms with Crippen LogP contribution in [0, 0.1) is 5.92 Å². The Kier molecular flexibility index (Phi) is 6.01. The molecule has 0 unspecified atom stereocenters. The third-order valence-electron chi connectivity index (χ3n) is 3.79. The summed E-state index contributed by atoms with van der Waals surface area (Å²) in [5.41, 5.74) is 1.04. The maximum Gasteiger partial charge on any atom is 0.250 e. The van der Waals surface area contributed by atoms with Crippen molar-refractivity contribution >= 4 is 21.4 Å². The molecule has 2 N–H and O–H groups in total. The molecule has 1 aliphatic carbocycles. The summed E-state index contributed by atoms with van der Waals surface area (Å²) in [6.07, 6.45) is 6.09. The largest absolute Gasteiger partial charge is 0.313 e. The predicted octanol–water partition coefficient (Wildman–Crippen LogP) is 2.72. The van der Waals surface area contributed by atoms with E-state index < -0.39 is 10.0 Å². The molecule has 0 radical (unpaired) electrons. The van der Waals surface area contributed by atoms with Crippen LogP contribution in [0.3, 0.4) is 0 Å². The van der Waals surface area contributed by atoms with Gasteiger partial charge in [-0.1, -0.05) is 32.6 Å². The molecule has 114 valence electrons. The van der Waals surface area contributed by atoms with Gasteiger partial charge >= 0.3 is 0 Å². The molecule has 0 bridgehead atoms. The van der Waals surface area contributed by atoms with Gasteiger partial charge in [-0.15, -0.1) is 11.3 Å². The average molecular weight is 316 g/mol. The fourth-order valence-electron chi connectivity index (χ4n) is 2.62. The Morgan fingerprint density at radius 1 is 1.35 bits per heavy atom. The van der Waals surface area contributed by atoms with E-state index in [2.05, 4.69) is 10.0 Å². The molecule has 1 aromatic heterocycles. The Hall–Kier alpha value is -0.430. The van der Waals surface area contributed by atoms with E-state index in [1.54, 1.807) is 6.07 Å². The second kappa shape index (κ2) is 7.54. The summed E-state index contributed by atoms with van der Waals surface area (Å²) in [5, 5.41) is 5.11. The van der Waals surface area contributed by atoms with Gasteiger partial charge in [0.05, 0.1) is 0 Å². The smallest absolute Gasteiger partial charge is 0.250 e. The van der Waals surface area contributed by atoms with Gasteiger partial charge in [-0.2, -0.15) is 0 Å². The van der Waals surface area contributed by atoms with Crippen LogP contribution < -0.4 is 10.0 Å². The fourth-order valence-corrected chi connectivity index (χ4v) is 4.93. The van der Waals surface area contributed by atoms with Crippen LogP contribution in [0.1, 0.15) is 44.6 Å². The second-order valence-corrected chi connectivity index (χ2v) is 8.30. The van der Waals surface area contributed by atoms with Crippen LogP contribution in [0.25, 0.3) is 0 Å². The minimum Gasteiger partial charge on any atom is -0.313 e. The van der Waals surface area contributed by atoms with E-state index in [9.17, 15) is 8.42 Å². The first-order chi connectivity index (χ1) is 9.62. The van der Waals surface area contributed by atoms with E-state index in [1.807, 2.05) is 12.3 Å². The molecule has 0 amide bonds. The summed E-state index contributed by atoms with van der Waals surface area (Å²) in [6.45, 7) is 4.21. The van der Waals surface area contributed by atoms with Crippen LogP contribution in [-0.4, -0.2) is 21.5 Å². The van der Waals surface area contributed by atoms with E-state index in [4.69, 9.17) is 0 Å². The van der Waals surface area contributed by atoms with Gasteiger partial charge in [0.1, 0.15) is 4.21 Å². The fraction of sp³-hybridized carbons (Fsp3) is 0.714. The van der Waals surface area contributed by atoms with Crippen molar-refractivity contribution in [2.45, 2.75) is 49.8 Å². The second-order valence-electron chi connectivity index (χ2n) is 5.39. The Morgan fingerprint density at radius 3 is 2.80 bits per heavy atom. The van der Waals surface area contributed by atoms with Crippen LogP contribution in [0.2, 0.25) is 0 Å². The van der Waals surface area contributed by atoms with Crippen molar-refractivity contribution < 1.29 is 8.42 Å². The lowest BCUT2D eigenvalue weighted by molar-refractivity contribution is 0.496. The summed E-state index contributed by atoms with van der Waals surface area (Å²) in [7, 11) is -3.32. The molecule has 0 saturated heterocycles. The first kappa shape index (κ1) is 15.9. The van der Waals surface area contributed by atoms with Crippen molar-refractivity contribution in [3.05, 3.63) is 17.0 Å². The van der Waals surface area contributed by atoms with Crippen molar-refractivity contribution in [3.8, 4) is 0 Å². The highest BCUT2D eigenvalue weighted by atomic mass is 32.2. The third-order valence-corrected chi connectivity index (χ3v) is 6.74. The summed E-state index contributed by atoms with van der Waals surface area (Å²) in [6, 6.07) is 1.77. The highest BCUT2D eigenvalue weighted by molar-refractivity contribution is 7.91. The Morgan fingerprint density at radius 2 is 2.10 bits per heavy atom. The zero-order chi connectivity index (χ0) is 14.4. The third kappa shape index (κ3) is 4.55. The van der Waals surface area contributed by atoms with E-state index in [-0.39, 0.29) is 0 Å². The number of thiophene rings is 1. The number of nitrogens with one attached hydrogen (secondary N) is 2. The maximum absolute atomic E-state index is 12.2. The molecule has 2 rings (SSSR count). The van der Waals surface area contributed by atoms with Gasteiger partial charge in [-0.05, 0) is 35.9 Å². The molecular weight excluding hydrogens is 292 g/mol. The minimum absolute atomic E-state index is 0.428. The highest BCUT2D eigenvalue weighted by Crippen LogP contribution is 2.27. The molecule has 6 heteroatoms. The van der Waals surface area contributed by atoms with Crippen molar-refractivity contribution in [1.82, 2.24) is 10.0 Å². The summed E-state index contributed by atoms with van der Waals surface area (Å²) < 4.78 is 27.5. The number of sulfonamides is 1. The lowest BCUT2D eigenvalue weighted by Crippen LogP contribution is -2.25. The molecule has 1 aromatic rings. The van der Waals surface area contributed by atoms with Gasteiger partial charge in [-0.3, -0.25) is 0 Å². The molecule has 1 fully saturated rings. The van der Waals surface area contributed by atoms with Gasteiger partial charge in [0.2, 0.25) is 10.0 Å². The molecule has 0 atom stereocenters. The predicted molar refractivity (Wildman–Crippen MR) is 83.5 cm³/mol. The molecule has 1 saturated carbocycles. The molecule has 0 aromatic carbocycles. The van der Waals surface area contributed by atoms with Crippen LogP contribution in [0.5, 0.6) is 0 Å². The van der Waals surface area contributed by atoms with Crippen LogP contribution in [0.15, 0.2) is 15.7 Å². The zero-order valence-electron chi connectivity index (χ0n) is 12.0. The standard InChI is InChI=1S/C14H24N2O2S2/c1-2-15-10-13-9-14(19-11-13)20(17,18)16-8-7-12-5-3-4-6-12/h9,11-12,15-16H,2-8,10H2,1H3. The summed E-state index contributed by atoms with van der Waals surface area (Å²) in [4.78, 5) is 0. The molecule has 0 aliphatic heterocycles. The molecular formula is C14H24N2O2S2. The normalized spacial score (nSPS) is 16.9. The van der Waals surface area contributed by atoms with Gasteiger partial charge < -0.3 is 5.32 Å². The van der Waals surface area contributed by atoms with Crippen molar-refractivity contribution in [2.24, 2.45) is 5.92 Å². The first-order valence-corrected chi connectivity index (χ1v) is 9.76. The SMILES string of the molecule is CCNCc1csc(S(=O)(=O)NCCC2CCCC2)c1. The van der Waals surface area contributed by atoms with Gasteiger partial charge in [0, 0.05) is 13.1 Å². The first-order valence-electron chi connectivity index (χ1n) is 7.39. The van der Waals surface area contributed by atoms with Crippen LogP contribution in [-0.2, 0) is 16.6 Å². The summed E-state index contributed by atoms with van der Waals surface area (Å²) >= 11 is 1.30. The topological polar surface area (TPSA) is 58.2 Å². The van der Waals surface area contributed by atoms with E-state index >= 15 is 0 Å².